The van der Waals surface area contributed by atoms with Crippen LogP contribution in [0.1, 0.15) is 5.69 Å². The van der Waals surface area contributed by atoms with Crippen LogP contribution in [0.15, 0.2) is 24.3 Å². The predicted molar refractivity (Wildman–Crippen MR) is 79.8 cm³/mol. The monoisotopic (exact) mass is 330 g/mol. The summed E-state index contributed by atoms with van der Waals surface area (Å²) in [5, 5.41) is 13.6. The lowest BCUT2D eigenvalue weighted by atomic mass is 10.2. The number of hydrogen-bond donors (Lipinski definition) is 2. The number of nitrogens with zero attached hydrogens (tertiary/aromatic N) is 2. The molecule has 9 heteroatoms. The van der Waals surface area contributed by atoms with E-state index in [4.69, 9.17) is 0 Å². The molecule has 2 aromatic rings. The number of aryl methyl sites for hydroxylation is 1. The van der Waals surface area contributed by atoms with Crippen LogP contribution in [0.4, 0.5) is 23.7 Å². The molecule has 1 aromatic heterocycles. The van der Waals surface area contributed by atoms with Crippen LogP contribution in [0.3, 0.4) is 0 Å². The highest BCUT2D eigenvalue weighted by Crippen LogP contribution is 2.29. The molecule has 0 saturated carbocycles. The molecule has 5 nitrogen and oxygen atoms in total. The smallest absolute Gasteiger partial charge is 0.337 e. The minimum atomic E-state index is -4.29. The number of benzene rings is 1. The summed E-state index contributed by atoms with van der Waals surface area (Å²) in [6.07, 6.45) is 0. The Morgan fingerprint density at radius 1 is 1.32 bits per heavy atom. The van der Waals surface area contributed by atoms with Crippen molar-refractivity contribution in [2.24, 2.45) is 0 Å². The molecule has 118 valence electrons. The van der Waals surface area contributed by atoms with Gasteiger partial charge < -0.3 is 10.6 Å². The van der Waals surface area contributed by atoms with E-state index < -0.39 is 11.5 Å². The second-order valence-electron chi connectivity index (χ2n) is 4.40. The van der Waals surface area contributed by atoms with Crippen molar-refractivity contribution in [2.75, 3.05) is 17.6 Å². The van der Waals surface area contributed by atoms with E-state index in [2.05, 4.69) is 20.8 Å². The highest BCUT2D eigenvalue weighted by atomic mass is 32.2. The van der Waals surface area contributed by atoms with Gasteiger partial charge in [-0.15, -0.1) is 0 Å². The van der Waals surface area contributed by atoms with Crippen LogP contribution in [-0.2, 0) is 0 Å². The van der Waals surface area contributed by atoms with E-state index >= 15 is 0 Å². The van der Waals surface area contributed by atoms with Gasteiger partial charge in [0.1, 0.15) is 0 Å². The zero-order valence-electron chi connectivity index (χ0n) is 11.6. The normalized spacial score (nSPS) is 11.5. The van der Waals surface area contributed by atoms with Crippen LogP contribution >= 0.6 is 11.8 Å². The molecule has 0 atom stereocenters. The van der Waals surface area contributed by atoms with E-state index in [0.29, 0.717) is 16.9 Å². The lowest BCUT2D eigenvalue weighted by Crippen LogP contribution is -2.31. The fourth-order valence-electron chi connectivity index (χ4n) is 1.77. The zero-order valence-corrected chi connectivity index (χ0v) is 12.4. The zero-order chi connectivity index (χ0) is 16.2. The number of hydrogen-bond acceptors (Lipinski definition) is 4. The van der Waals surface area contributed by atoms with Gasteiger partial charge >= 0.3 is 11.5 Å². The largest absolute Gasteiger partial charge is 0.441 e. The Labute approximate surface area is 128 Å². The first-order valence-electron chi connectivity index (χ1n) is 6.34. The summed E-state index contributed by atoms with van der Waals surface area (Å²) in [5.41, 5.74) is -2.44. The molecule has 0 saturated heterocycles. The fourth-order valence-corrected chi connectivity index (χ4v) is 2.20. The Balaban J connectivity index is 1.96. The highest BCUT2D eigenvalue weighted by Gasteiger charge is 2.27. The summed E-state index contributed by atoms with van der Waals surface area (Å²) >= 11 is -0.174. The second kappa shape index (κ2) is 6.82. The number of urea groups is 1. The van der Waals surface area contributed by atoms with Crippen molar-refractivity contribution in [3.63, 3.8) is 0 Å². The molecule has 0 spiro atoms. The number of carbonyl (C=O) groups excluding carboxylic acids is 1. The van der Waals surface area contributed by atoms with Gasteiger partial charge in [-0.2, -0.15) is 23.4 Å². The Bertz CT molecular complexity index is 678. The number of fused-ring (bicyclic) bond motifs is 1. The number of aromatic nitrogens is 2. The molecule has 0 aliphatic rings. The number of amides is 2. The summed E-state index contributed by atoms with van der Waals surface area (Å²) in [4.78, 5) is 11.7. The summed E-state index contributed by atoms with van der Waals surface area (Å²) in [5.74, 6) is -0.239. The molecule has 0 fully saturated rings. The van der Waals surface area contributed by atoms with E-state index in [0.717, 1.165) is 5.39 Å². The third kappa shape index (κ3) is 4.76. The van der Waals surface area contributed by atoms with Crippen LogP contribution in [0, 0.1) is 6.92 Å². The molecule has 1 aromatic carbocycles. The standard InChI is InChI=1S/C13H13F3N4OS/c1-8-7-9-10(3-2-4-11(9)20-19-8)18-12(21)17-5-6-22-13(14,15)16/h2-4,7H,5-6H2,1H3,(H2,17,18,21). The Kier molecular flexibility index (Phi) is 5.07. The van der Waals surface area contributed by atoms with Gasteiger partial charge in [0.15, 0.2) is 0 Å². The summed E-state index contributed by atoms with van der Waals surface area (Å²) < 4.78 is 35.9. The molecular formula is C13H13F3N4OS. The topological polar surface area (TPSA) is 66.9 Å². The Morgan fingerprint density at radius 3 is 2.82 bits per heavy atom. The average molecular weight is 330 g/mol. The SMILES string of the molecule is Cc1cc2c(NC(=O)NCCSC(F)(F)F)cccc2nn1. The van der Waals surface area contributed by atoms with Crippen molar-refractivity contribution in [3.8, 4) is 0 Å². The van der Waals surface area contributed by atoms with Gasteiger partial charge in [-0.3, -0.25) is 0 Å². The van der Waals surface area contributed by atoms with E-state index in [-0.39, 0.29) is 24.1 Å². The number of halogens is 3. The van der Waals surface area contributed by atoms with Crippen molar-refractivity contribution in [1.82, 2.24) is 15.5 Å². The average Bonchev–Trinajstić information content (AvgIpc) is 2.43. The first-order chi connectivity index (χ1) is 10.3. The molecule has 0 radical (unpaired) electrons. The van der Waals surface area contributed by atoms with Gasteiger partial charge in [0.2, 0.25) is 0 Å². The molecule has 0 bridgehead atoms. The van der Waals surface area contributed by atoms with E-state index in [1.54, 1.807) is 31.2 Å². The maximum absolute atomic E-state index is 12.0. The molecule has 2 rings (SSSR count). The number of rotatable bonds is 4. The van der Waals surface area contributed by atoms with Crippen LogP contribution in [0.2, 0.25) is 0 Å². The number of alkyl halides is 3. The first-order valence-corrected chi connectivity index (χ1v) is 7.32. The van der Waals surface area contributed by atoms with Crippen LogP contribution in [0.25, 0.3) is 10.9 Å². The fraction of sp³-hybridized carbons (Fsp3) is 0.308. The number of nitrogens with one attached hydrogen (secondary N) is 2. The van der Waals surface area contributed by atoms with Gasteiger partial charge in [-0.25, -0.2) is 4.79 Å². The van der Waals surface area contributed by atoms with Crippen molar-refractivity contribution in [3.05, 3.63) is 30.0 Å². The lowest BCUT2D eigenvalue weighted by Gasteiger charge is -2.10. The molecule has 22 heavy (non-hydrogen) atoms. The van der Waals surface area contributed by atoms with Gasteiger partial charge in [0.25, 0.3) is 0 Å². The van der Waals surface area contributed by atoms with Gasteiger partial charge in [0, 0.05) is 17.7 Å². The van der Waals surface area contributed by atoms with Crippen molar-refractivity contribution >= 4 is 34.4 Å². The van der Waals surface area contributed by atoms with E-state index in [9.17, 15) is 18.0 Å². The minimum Gasteiger partial charge on any atom is -0.337 e. The quantitative estimate of drug-likeness (QED) is 0.844. The van der Waals surface area contributed by atoms with Crippen LogP contribution in [0.5, 0.6) is 0 Å². The number of carbonyl (C=O) groups is 1. The number of thioether (sulfide) groups is 1. The molecule has 0 aliphatic heterocycles. The number of anilines is 1. The highest BCUT2D eigenvalue weighted by molar-refractivity contribution is 8.00. The molecule has 2 N–H and O–H groups in total. The molecule has 2 amide bonds. The maximum Gasteiger partial charge on any atom is 0.441 e. The van der Waals surface area contributed by atoms with E-state index in [1.807, 2.05) is 0 Å². The van der Waals surface area contributed by atoms with Crippen molar-refractivity contribution < 1.29 is 18.0 Å². The maximum atomic E-state index is 12.0. The second-order valence-corrected chi connectivity index (χ2v) is 5.56. The van der Waals surface area contributed by atoms with Gasteiger partial charge in [0.05, 0.1) is 16.9 Å². The first kappa shape index (κ1) is 16.3. The van der Waals surface area contributed by atoms with Crippen LogP contribution in [-0.4, -0.2) is 34.0 Å². The molecule has 0 unspecified atom stereocenters. The molecule has 1 heterocycles. The van der Waals surface area contributed by atoms with Crippen LogP contribution < -0.4 is 10.6 Å². The molecular weight excluding hydrogens is 317 g/mol. The Morgan fingerprint density at radius 2 is 2.09 bits per heavy atom. The summed E-state index contributed by atoms with van der Waals surface area (Å²) in [6.45, 7) is 1.69. The predicted octanol–water partition coefficient (Wildman–Crippen LogP) is 3.31. The van der Waals surface area contributed by atoms with Crippen molar-refractivity contribution in [2.45, 2.75) is 12.4 Å². The summed E-state index contributed by atoms with van der Waals surface area (Å²) in [6, 6.07) is 6.36. The summed E-state index contributed by atoms with van der Waals surface area (Å²) in [7, 11) is 0. The van der Waals surface area contributed by atoms with Crippen molar-refractivity contribution in [1.29, 1.82) is 0 Å². The third-order valence-corrected chi connectivity index (χ3v) is 3.39. The lowest BCUT2D eigenvalue weighted by molar-refractivity contribution is -0.0327. The molecule has 0 aliphatic carbocycles. The Hall–Kier alpha value is -2.03. The minimum absolute atomic E-state index is 0.0837. The third-order valence-electron chi connectivity index (χ3n) is 2.65. The van der Waals surface area contributed by atoms with Gasteiger partial charge in [-0.05, 0) is 36.9 Å². The van der Waals surface area contributed by atoms with E-state index in [1.165, 1.54) is 0 Å². The van der Waals surface area contributed by atoms with Gasteiger partial charge in [-0.1, -0.05) is 6.07 Å².